The van der Waals surface area contributed by atoms with Crippen molar-refractivity contribution in [3.8, 4) is 6.07 Å². The van der Waals surface area contributed by atoms with Crippen LogP contribution in [0.25, 0.3) is 0 Å². The van der Waals surface area contributed by atoms with Crippen molar-refractivity contribution in [2.75, 3.05) is 6.61 Å². The zero-order chi connectivity index (χ0) is 14.1. The average molecular weight is 255 g/mol. The summed E-state index contributed by atoms with van der Waals surface area (Å²) in [6, 6.07) is 0.449. The number of rotatable bonds is 7. The molecule has 0 aliphatic carbocycles. The van der Waals surface area contributed by atoms with Gasteiger partial charge in [0, 0.05) is 6.42 Å². The van der Waals surface area contributed by atoms with Crippen molar-refractivity contribution in [3.05, 3.63) is 0 Å². The first-order chi connectivity index (χ1) is 8.43. The maximum atomic E-state index is 11.7. The fourth-order valence-electron chi connectivity index (χ4n) is 1.27. The summed E-state index contributed by atoms with van der Waals surface area (Å²) in [6.45, 7) is 5.55. The zero-order valence-electron chi connectivity index (χ0n) is 11.1. The lowest BCUT2D eigenvalue weighted by molar-refractivity contribution is -0.147. The molecule has 6 heteroatoms. The molecule has 0 aliphatic heterocycles. The van der Waals surface area contributed by atoms with E-state index >= 15 is 0 Å². The lowest BCUT2D eigenvalue weighted by Gasteiger charge is -2.20. The quantitative estimate of drug-likeness (QED) is 0.637. The van der Waals surface area contributed by atoms with E-state index in [1.165, 1.54) is 0 Å². The number of amides is 1. The Balaban J connectivity index is 4.53. The molecule has 0 saturated heterocycles. The Bertz CT molecular complexity index is 323. The number of nitrogens with two attached hydrogens (primary N) is 1. The second-order valence-corrected chi connectivity index (χ2v) is 4.28. The molecule has 0 aliphatic rings. The second-order valence-electron chi connectivity index (χ2n) is 4.28. The van der Waals surface area contributed by atoms with Gasteiger partial charge in [-0.25, -0.2) is 4.79 Å². The van der Waals surface area contributed by atoms with Crippen LogP contribution >= 0.6 is 0 Å². The number of nitrogens with zero attached hydrogens (tertiary/aromatic N) is 1. The minimum absolute atomic E-state index is 0.0242. The lowest BCUT2D eigenvalue weighted by atomic mass is 10.0. The molecule has 3 N–H and O–H groups in total. The zero-order valence-corrected chi connectivity index (χ0v) is 11.1. The van der Waals surface area contributed by atoms with E-state index in [1.54, 1.807) is 6.92 Å². The molecule has 6 nitrogen and oxygen atoms in total. The molecule has 0 rings (SSSR count). The molecule has 0 spiro atoms. The summed E-state index contributed by atoms with van der Waals surface area (Å²) in [5.74, 6) is -0.957. The van der Waals surface area contributed by atoms with Gasteiger partial charge in [0.2, 0.25) is 5.91 Å². The van der Waals surface area contributed by atoms with E-state index in [1.807, 2.05) is 19.9 Å². The molecule has 1 amide bonds. The summed E-state index contributed by atoms with van der Waals surface area (Å²) < 4.78 is 4.84. The number of nitrogens with one attached hydrogen (secondary N) is 1. The first-order valence-electron chi connectivity index (χ1n) is 6.03. The third-order valence-electron chi connectivity index (χ3n) is 2.45. The summed E-state index contributed by atoms with van der Waals surface area (Å²) in [5, 5.41) is 11.0. The summed E-state index contributed by atoms with van der Waals surface area (Å²) in [5.41, 5.74) is 5.68. The second kappa shape index (κ2) is 8.48. The molecule has 2 atom stereocenters. The molecule has 0 radical (unpaired) electrons. The van der Waals surface area contributed by atoms with E-state index in [0.717, 1.165) is 0 Å². The maximum Gasteiger partial charge on any atom is 0.328 e. The molecular formula is C12H21N3O3. The number of hydrogen-bond acceptors (Lipinski definition) is 5. The van der Waals surface area contributed by atoms with Crippen molar-refractivity contribution in [1.82, 2.24) is 5.32 Å². The van der Waals surface area contributed by atoms with Crippen molar-refractivity contribution in [3.63, 3.8) is 0 Å². The van der Waals surface area contributed by atoms with Crippen molar-refractivity contribution in [1.29, 1.82) is 5.26 Å². The highest BCUT2D eigenvalue weighted by atomic mass is 16.5. The standard InChI is InChI=1S/C12H21N3O3/c1-4-18-12(17)9(6-5-7-13)15-11(16)10(14)8(2)3/h8-10H,4-6,14H2,1-3H3,(H,15,16)/t9-,10+/m1/s1. The van der Waals surface area contributed by atoms with Gasteiger partial charge in [0.05, 0.1) is 18.7 Å². The van der Waals surface area contributed by atoms with Gasteiger partial charge >= 0.3 is 5.97 Å². The molecule has 0 fully saturated rings. The van der Waals surface area contributed by atoms with Gasteiger partial charge in [0.1, 0.15) is 6.04 Å². The van der Waals surface area contributed by atoms with Gasteiger partial charge in [-0.1, -0.05) is 13.8 Å². The van der Waals surface area contributed by atoms with Crippen LogP contribution in [-0.4, -0.2) is 30.6 Å². The molecule has 18 heavy (non-hydrogen) atoms. The summed E-state index contributed by atoms with van der Waals surface area (Å²) in [7, 11) is 0. The molecule has 0 unspecified atom stereocenters. The van der Waals surface area contributed by atoms with Crippen LogP contribution in [0.1, 0.15) is 33.6 Å². The van der Waals surface area contributed by atoms with E-state index in [0.29, 0.717) is 0 Å². The topological polar surface area (TPSA) is 105 Å². The Morgan fingerprint density at radius 1 is 1.44 bits per heavy atom. The molecule has 0 aromatic heterocycles. The third kappa shape index (κ3) is 5.64. The fraction of sp³-hybridized carbons (Fsp3) is 0.750. The first-order valence-corrected chi connectivity index (χ1v) is 6.03. The highest BCUT2D eigenvalue weighted by Crippen LogP contribution is 2.03. The minimum atomic E-state index is -0.804. The van der Waals surface area contributed by atoms with Gasteiger partial charge < -0.3 is 15.8 Å². The summed E-state index contributed by atoms with van der Waals surface area (Å²) in [4.78, 5) is 23.3. The van der Waals surface area contributed by atoms with Gasteiger partial charge in [-0.2, -0.15) is 5.26 Å². The summed E-state index contributed by atoms with van der Waals surface area (Å²) >= 11 is 0. The Kier molecular flexibility index (Phi) is 7.72. The van der Waals surface area contributed by atoms with E-state index in [-0.39, 0.29) is 25.4 Å². The van der Waals surface area contributed by atoms with E-state index in [2.05, 4.69) is 5.32 Å². The molecule has 0 saturated carbocycles. The first kappa shape index (κ1) is 16.4. The predicted molar refractivity (Wildman–Crippen MR) is 66.2 cm³/mol. The number of hydrogen-bond donors (Lipinski definition) is 2. The van der Waals surface area contributed by atoms with E-state index in [9.17, 15) is 9.59 Å². The van der Waals surface area contributed by atoms with Gasteiger partial charge in [0.25, 0.3) is 0 Å². The molecule has 0 aromatic carbocycles. The molecule has 102 valence electrons. The summed E-state index contributed by atoms with van der Waals surface area (Å²) in [6.07, 6.45) is 0.395. The highest BCUT2D eigenvalue weighted by Gasteiger charge is 2.25. The largest absolute Gasteiger partial charge is 0.464 e. The lowest BCUT2D eigenvalue weighted by Crippen LogP contribution is -2.50. The van der Waals surface area contributed by atoms with Crippen molar-refractivity contribution in [2.24, 2.45) is 11.7 Å². The third-order valence-corrected chi connectivity index (χ3v) is 2.45. The Morgan fingerprint density at radius 2 is 2.06 bits per heavy atom. The van der Waals surface area contributed by atoms with Crippen LogP contribution < -0.4 is 11.1 Å². The van der Waals surface area contributed by atoms with Crippen LogP contribution in [0.15, 0.2) is 0 Å². The number of carbonyl (C=O) groups is 2. The van der Waals surface area contributed by atoms with Crippen LogP contribution in [0.5, 0.6) is 0 Å². The Labute approximate surface area is 107 Å². The van der Waals surface area contributed by atoms with Crippen LogP contribution in [-0.2, 0) is 14.3 Å². The molecule has 0 bridgehead atoms. The van der Waals surface area contributed by atoms with Gasteiger partial charge in [0.15, 0.2) is 0 Å². The Hall–Kier alpha value is -1.61. The Morgan fingerprint density at radius 3 is 2.50 bits per heavy atom. The normalized spacial score (nSPS) is 13.6. The predicted octanol–water partition coefficient (Wildman–Crippen LogP) is 0.321. The van der Waals surface area contributed by atoms with Crippen LogP contribution in [0.3, 0.4) is 0 Å². The average Bonchev–Trinajstić information content (AvgIpc) is 2.33. The number of carbonyl (C=O) groups excluding carboxylic acids is 2. The van der Waals surface area contributed by atoms with E-state index < -0.39 is 24.0 Å². The van der Waals surface area contributed by atoms with Crippen molar-refractivity contribution < 1.29 is 14.3 Å². The molecular weight excluding hydrogens is 234 g/mol. The van der Waals surface area contributed by atoms with Crippen LogP contribution in [0, 0.1) is 17.2 Å². The van der Waals surface area contributed by atoms with Gasteiger partial charge in [-0.05, 0) is 19.3 Å². The van der Waals surface area contributed by atoms with Crippen molar-refractivity contribution in [2.45, 2.75) is 45.7 Å². The highest BCUT2D eigenvalue weighted by molar-refractivity contribution is 5.87. The van der Waals surface area contributed by atoms with Crippen LogP contribution in [0.4, 0.5) is 0 Å². The van der Waals surface area contributed by atoms with Gasteiger partial charge in [-0.3, -0.25) is 4.79 Å². The monoisotopic (exact) mass is 255 g/mol. The fourth-order valence-corrected chi connectivity index (χ4v) is 1.27. The smallest absolute Gasteiger partial charge is 0.328 e. The SMILES string of the molecule is CCOC(=O)[C@@H](CCC#N)NC(=O)[C@@H](N)C(C)C. The molecule has 0 aromatic rings. The number of ether oxygens (including phenoxy) is 1. The van der Waals surface area contributed by atoms with Crippen LogP contribution in [0.2, 0.25) is 0 Å². The minimum Gasteiger partial charge on any atom is -0.464 e. The molecule has 0 heterocycles. The number of esters is 1. The van der Waals surface area contributed by atoms with E-state index in [4.69, 9.17) is 15.7 Å². The maximum absolute atomic E-state index is 11.7. The van der Waals surface area contributed by atoms with Crippen molar-refractivity contribution >= 4 is 11.9 Å². The number of nitriles is 1. The van der Waals surface area contributed by atoms with Gasteiger partial charge in [-0.15, -0.1) is 0 Å².